The lowest BCUT2D eigenvalue weighted by Crippen LogP contribution is -2.30. The van der Waals surface area contributed by atoms with E-state index in [2.05, 4.69) is 106 Å². The molecule has 0 saturated carbocycles. The summed E-state index contributed by atoms with van der Waals surface area (Å²) >= 11 is 0. The van der Waals surface area contributed by atoms with E-state index >= 15 is 0 Å². The number of hydrogen-bond acceptors (Lipinski definition) is 6. The molecule has 426 valence electrons. The van der Waals surface area contributed by atoms with Gasteiger partial charge in [-0.2, -0.15) is 0 Å². The lowest BCUT2D eigenvalue weighted by molar-refractivity contribution is -0.167. The lowest BCUT2D eigenvalue weighted by Gasteiger charge is -2.18. The predicted octanol–water partition coefficient (Wildman–Crippen LogP) is 21.5. The average Bonchev–Trinajstić information content (AvgIpc) is 3.40. The molecular weight excluding hydrogens is 913 g/mol. The Morgan fingerprint density at radius 3 is 0.838 bits per heavy atom. The van der Waals surface area contributed by atoms with Gasteiger partial charge in [-0.1, -0.05) is 279 Å². The highest BCUT2D eigenvalue weighted by Crippen LogP contribution is 2.16. The summed E-state index contributed by atoms with van der Waals surface area (Å²) in [5.74, 6) is -0.884. The van der Waals surface area contributed by atoms with Gasteiger partial charge < -0.3 is 14.2 Å². The molecule has 0 aromatic rings. The minimum absolute atomic E-state index is 0.0758. The van der Waals surface area contributed by atoms with E-state index < -0.39 is 6.10 Å². The van der Waals surface area contributed by atoms with Crippen LogP contribution >= 0.6 is 0 Å². The molecule has 0 N–H and O–H groups in total. The molecule has 0 aromatic carbocycles. The fourth-order valence-corrected chi connectivity index (χ4v) is 8.91. The molecule has 0 spiro atoms. The van der Waals surface area contributed by atoms with Gasteiger partial charge in [-0.05, 0) is 96.3 Å². The lowest BCUT2D eigenvalue weighted by atomic mass is 10.0. The van der Waals surface area contributed by atoms with Gasteiger partial charge in [0.15, 0.2) is 6.10 Å². The monoisotopic (exact) mass is 1030 g/mol. The number of carbonyl (C=O) groups is 3. The van der Waals surface area contributed by atoms with Crippen LogP contribution in [0.2, 0.25) is 0 Å². The zero-order valence-electron chi connectivity index (χ0n) is 48.8. The molecule has 0 aliphatic heterocycles. The molecular formula is C68H118O6. The Kier molecular flexibility index (Phi) is 59.3. The quantitative estimate of drug-likeness (QED) is 0.0261. The first-order valence-electron chi connectivity index (χ1n) is 31.6. The Morgan fingerprint density at radius 1 is 0.284 bits per heavy atom. The molecule has 0 fully saturated rings. The van der Waals surface area contributed by atoms with E-state index in [-0.39, 0.29) is 31.1 Å². The summed E-state index contributed by atoms with van der Waals surface area (Å²) in [7, 11) is 0. The second-order valence-electron chi connectivity index (χ2n) is 20.9. The van der Waals surface area contributed by atoms with Crippen molar-refractivity contribution < 1.29 is 28.6 Å². The SMILES string of the molecule is CC/C=C\C/C=C\C/C=C\C/C=C\C/C=C\C/C=C\CCCCCCCCCCCCCCCCCCC(=O)OCC(COC(=O)CCCCCCCC)OC(=O)CCCCCCC/C=C\CCCCCCCC. The molecule has 0 aliphatic carbocycles. The van der Waals surface area contributed by atoms with Gasteiger partial charge in [-0.15, -0.1) is 0 Å². The molecule has 0 heterocycles. The number of ether oxygens (including phenoxy) is 3. The first-order chi connectivity index (χ1) is 36.5. The van der Waals surface area contributed by atoms with E-state index in [1.54, 1.807) is 0 Å². The Morgan fingerprint density at radius 2 is 0.527 bits per heavy atom. The minimum Gasteiger partial charge on any atom is -0.462 e. The molecule has 0 aromatic heterocycles. The molecule has 0 radical (unpaired) electrons. The van der Waals surface area contributed by atoms with Crippen molar-refractivity contribution in [2.45, 2.75) is 316 Å². The Labute approximate surface area is 458 Å². The molecule has 0 bridgehead atoms. The summed E-state index contributed by atoms with van der Waals surface area (Å²) in [6, 6.07) is 0. The number of hydrogen-bond donors (Lipinski definition) is 0. The van der Waals surface area contributed by atoms with Crippen LogP contribution in [0.4, 0.5) is 0 Å². The van der Waals surface area contributed by atoms with Crippen LogP contribution in [0.5, 0.6) is 0 Å². The molecule has 0 rings (SSSR count). The van der Waals surface area contributed by atoms with Gasteiger partial charge in [0, 0.05) is 19.3 Å². The van der Waals surface area contributed by atoms with Crippen LogP contribution in [0.15, 0.2) is 85.1 Å². The fraction of sp³-hybridized carbons (Fsp3) is 0.750. The van der Waals surface area contributed by atoms with Crippen molar-refractivity contribution >= 4 is 17.9 Å². The highest BCUT2D eigenvalue weighted by molar-refractivity contribution is 5.71. The third-order valence-corrected chi connectivity index (χ3v) is 13.6. The van der Waals surface area contributed by atoms with Crippen molar-refractivity contribution in [3.05, 3.63) is 85.1 Å². The van der Waals surface area contributed by atoms with Crippen LogP contribution in [-0.2, 0) is 28.6 Å². The summed E-state index contributed by atoms with van der Waals surface area (Å²) in [6.07, 6.45) is 82.1. The zero-order valence-corrected chi connectivity index (χ0v) is 48.8. The summed E-state index contributed by atoms with van der Waals surface area (Å²) in [6.45, 7) is 6.47. The summed E-state index contributed by atoms with van der Waals surface area (Å²) in [5.41, 5.74) is 0. The Hall–Kier alpha value is -3.41. The van der Waals surface area contributed by atoms with Crippen molar-refractivity contribution in [1.29, 1.82) is 0 Å². The molecule has 1 atom stereocenters. The highest BCUT2D eigenvalue weighted by atomic mass is 16.6. The largest absolute Gasteiger partial charge is 0.462 e. The maximum absolute atomic E-state index is 12.8. The predicted molar refractivity (Wildman–Crippen MR) is 321 cm³/mol. The van der Waals surface area contributed by atoms with Crippen molar-refractivity contribution in [3.8, 4) is 0 Å². The van der Waals surface area contributed by atoms with Crippen LogP contribution in [0.25, 0.3) is 0 Å². The van der Waals surface area contributed by atoms with Gasteiger partial charge in [-0.3, -0.25) is 14.4 Å². The van der Waals surface area contributed by atoms with Gasteiger partial charge in [0.2, 0.25) is 0 Å². The van der Waals surface area contributed by atoms with Gasteiger partial charge in [0.1, 0.15) is 13.2 Å². The van der Waals surface area contributed by atoms with E-state index in [1.807, 2.05) is 0 Å². The normalized spacial score (nSPS) is 12.6. The maximum atomic E-state index is 12.8. The summed E-state index contributed by atoms with van der Waals surface area (Å²) in [4.78, 5) is 37.9. The molecule has 0 amide bonds. The second kappa shape index (κ2) is 62.1. The van der Waals surface area contributed by atoms with Gasteiger partial charge in [0.25, 0.3) is 0 Å². The smallest absolute Gasteiger partial charge is 0.306 e. The van der Waals surface area contributed by atoms with E-state index in [1.165, 1.54) is 167 Å². The highest BCUT2D eigenvalue weighted by Gasteiger charge is 2.19. The van der Waals surface area contributed by atoms with Crippen LogP contribution in [0.1, 0.15) is 310 Å². The van der Waals surface area contributed by atoms with Crippen molar-refractivity contribution in [3.63, 3.8) is 0 Å². The number of rotatable bonds is 57. The standard InChI is InChI=1S/C68H118O6/c1-4-7-10-13-16-18-20-22-24-25-26-27-28-29-30-31-32-33-34-35-36-37-38-39-40-41-42-43-45-46-48-50-52-55-58-61-67(70)73-64-65(63-72-66(69)60-57-54-15-12-9-6-3)74-68(71)62-59-56-53-51-49-47-44-23-21-19-17-14-11-8-5-2/h7,10,16,18,22-24,26-27,29-30,32-33,44,65H,4-6,8-9,11-15,17,19-21,25,28,31,34-43,45-64H2,1-3H3/b10-7-,18-16-,24-22-,27-26-,30-29-,33-32-,44-23-. The number of esters is 3. The van der Waals surface area contributed by atoms with Gasteiger partial charge in [-0.25, -0.2) is 0 Å². The van der Waals surface area contributed by atoms with E-state index in [4.69, 9.17) is 14.2 Å². The van der Waals surface area contributed by atoms with Crippen molar-refractivity contribution in [2.24, 2.45) is 0 Å². The summed E-state index contributed by atoms with van der Waals surface area (Å²) < 4.78 is 16.8. The molecule has 74 heavy (non-hydrogen) atoms. The topological polar surface area (TPSA) is 78.9 Å². The molecule has 6 nitrogen and oxygen atoms in total. The van der Waals surface area contributed by atoms with Gasteiger partial charge in [0.05, 0.1) is 0 Å². The zero-order chi connectivity index (χ0) is 53.6. The van der Waals surface area contributed by atoms with Crippen LogP contribution in [-0.4, -0.2) is 37.2 Å². The average molecular weight is 1030 g/mol. The first kappa shape index (κ1) is 70.6. The Bertz CT molecular complexity index is 1420. The van der Waals surface area contributed by atoms with Crippen LogP contribution in [0, 0.1) is 0 Å². The van der Waals surface area contributed by atoms with E-state index in [0.717, 1.165) is 103 Å². The molecule has 0 saturated heterocycles. The van der Waals surface area contributed by atoms with Crippen molar-refractivity contribution in [2.75, 3.05) is 13.2 Å². The maximum Gasteiger partial charge on any atom is 0.306 e. The van der Waals surface area contributed by atoms with Crippen LogP contribution in [0.3, 0.4) is 0 Å². The number of carbonyl (C=O) groups excluding carboxylic acids is 3. The molecule has 6 heteroatoms. The number of allylic oxidation sites excluding steroid dienone is 14. The van der Waals surface area contributed by atoms with E-state index in [9.17, 15) is 14.4 Å². The second-order valence-corrected chi connectivity index (χ2v) is 20.9. The minimum atomic E-state index is -0.774. The van der Waals surface area contributed by atoms with E-state index in [0.29, 0.717) is 19.3 Å². The summed E-state index contributed by atoms with van der Waals surface area (Å²) in [5, 5.41) is 0. The third-order valence-electron chi connectivity index (χ3n) is 13.6. The van der Waals surface area contributed by atoms with Crippen molar-refractivity contribution in [1.82, 2.24) is 0 Å². The third kappa shape index (κ3) is 59.5. The number of unbranched alkanes of at least 4 members (excludes halogenated alkanes) is 32. The Balaban J connectivity index is 3.97. The van der Waals surface area contributed by atoms with Crippen LogP contribution < -0.4 is 0 Å². The molecule has 1 unspecified atom stereocenters. The molecule has 0 aliphatic rings. The van der Waals surface area contributed by atoms with Gasteiger partial charge >= 0.3 is 17.9 Å². The first-order valence-corrected chi connectivity index (χ1v) is 31.6. The fourth-order valence-electron chi connectivity index (χ4n) is 8.91.